The second-order valence-corrected chi connectivity index (χ2v) is 5.61. The summed E-state index contributed by atoms with van der Waals surface area (Å²) in [7, 11) is 0. The molecular weight excluding hydrogens is 228 g/mol. The first kappa shape index (κ1) is 15.4. The Morgan fingerprint density at radius 3 is 2.50 bits per heavy atom. The molecule has 4 heteroatoms. The van der Waals surface area contributed by atoms with Crippen LogP contribution < -0.4 is 5.32 Å². The number of nitrogens with one attached hydrogen (secondary N) is 1. The second-order valence-electron chi connectivity index (χ2n) is 5.61. The van der Waals surface area contributed by atoms with Gasteiger partial charge in [0.25, 0.3) is 0 Å². The molecule has 0 spiro atoms. The summed E-state index contributed by atoms with van der Waals surface area (Å²) in [6.07, 6.45) is 3.91. The largest absolute Gasteiger partial charge is 0.393 e. The molecule has 1 rings (SSSR count). The fourth-order valence-corrected chi connectivity index (χ4v) is 2.62. The first-order valence-corrected chi connectivity index (χ1v) is 7.22. The van der Waals surface area contributed by atoms with E-state index in [9.17, 15) is 9.90 Å². The van der Waals surface area contributed by atoms with Crippen LogP contribution in [0.4, 0.5) is 0 Å². The third-order valence-electron chi connectivity index (χ3n) is 3.81. The van der Waals surface area contributed by atoms with E-state index in [1.807, 2.05) is 6.92 Å². The molecule has 2 N–H and O–H groups in total. The van der Waals surface area contributed by atoms with E-state index in [1.54, 1.807) is 0 Å². The van der Waals surface area contributed by atoms with Gasteiger partial charge in [0.1, 0.15) is 0 Å². The number of aliphatic hydroxyl groups excluding tert-OH is 1. The fraction of sp³-hybridized carbons (Fsp3) is 0.929. The number of likely N-dealkylation sites (tertiary alicyclic amines) is 1. The van der Waals surface area contributed by atoms with Gasteiger partial charge in [0.2, 0.25) is 5.91 Å². The van der Waals surface area contributed by atoms with Gasteiger partial charge in [-0.1, -0.05) is 13.3 Å². The maximum Gasteiger partial charge on any atom is 0.234 e. The van der Waals surface area contributed by atoms with Crippen molar-refractivity contribution in [2.45, 2.75) is 58.6 Å². The lowest BCUT2D eigenvalue weighted by Crippen LogP contribution is -2.44. The zero-order chi connectivity index (χ0) is 13.5. The van der Waals surface area contributed by atoms with Gasteiger partial charge in [-0.2, -0.15) is 0 Å². The minimum Gasteiger partial charge on any atom is -0.393 e. The highest BCUT2D eigenvalue weighted by Gasteiger charge is 2.23. The van der Waals surface area contributed by atoms with E-state index in [2.05, 4.69) is 24.1 Å². The average Bonchev–Trinajstić information content (AvgIpc) is 2.29. The molecule has 4 nitrogen and oxygen atoms in total. The van der Waals surface area contributed by atoms with Crippen LogP contribution in [0.1, 0.15) is 46.5 Å². The van der Waals surface area contributed by atoms with E-state index in [0.717, 1.165) is 38.8 Å². The number of piperidine rings is 1. The van der Waals surface area contributed by atoms with Gasteiger partial charge in [-0.3, -0.25) is 9.69 Å². The normalized spacial score (nSPS) is 21.6. The molecule has 0 aromatic rings. The van der Waals surface area contributed by atoms with Crippen LogP contribution in [0.2, 0.25) is 0 Å². The molecule has 1 aliphatic rings. The van der Waals surface area contributed by atoms with Crippen LogP contribution in [0.15, 0.2) is 0 Å². The zero-order valence-electron chi connectivity index (χ0n) is 12.0. The Bertz CT molecular complexity index is 248. The number of aliphatic hydroxyl groups is 1. The van der Waals surface area contributed by atoms with Crippen molar-refractivity contribution in [3.8, 4) is 0 Å². The van der Waals surface area contributed by atoms with E-state index >= 15 is 0 Å². The van der Waals surface area contributed by atoms with Gasteiger partial charge in [0.05, 0.1) is 12.6 Å². The quantitative estimate of drug-likeness (QED) is 0.755. The second kappa shape index (κ2) is 7.74. The van der Waals surface area contributed by atoms with E-state index < -0.39 is 0 Å². The van der Waals surface area contributed by atoms with Crippen molar-refractivity contribution in [1.82, 2.24) is 10.2 Å². The number of hydrogen-bond donors (Lipinski definition) is 2. The summed E-state index contributed by atoms with van der Waals surface area (Å²) in [5.74, 6) is 0.537. The summed E-state index contributed by atoms with van der Waals surface area (Å²) in [6.45, 7) is 8.39. The summed E-state index contributed by atoms with van der Waals surface area (Å²) in [4.78, 5) is 14.0. The Labute approximate surface area is 111 Å². The smallest absolute Gasteiger partial charge is 0.234 e. The molecule has 0 aliphatic carbocycles. The van der Waals surface area contributed by atoms with Crippen LogP contribution in [0.25, 0.3) is 0 Å². The van der Waals surface area contributed by atoms with Gasteiger partial charge >= 0.3 is 0 Å². The molecule has 0 aromatic carbocycles. The van der Waals surface area contributed by atoms with Crippen molar-refractivity contribution >= 4 is 5.91 Å². The standard InChI is InChI=1S/C14H28N2O2/c1-4-5-11(2)15-14(18)10-16-8-6-13(7-9-16)12(3)17/h11-13,17H,4-10H2,1-3H3,(H,15,18). The zero-order valence-corrected chi connectivity index (χ0v) is 12.0. The maximum absolute atomic E-state index is 11.8. The van der Waals surface area contributed by atoms with Gasteiger partial charge in [-0.25, -0.2) is 0 Å². The molecule has 2 atom stereocenters. The molecule has 106 valence electrons. The van der Waals surface area contributed by atoms with Crippen LogP contribution in [-0.4, -0.2) is 47.7 Å². The Kier molecular flexibility index (Phi) is 6.65. The van der Waals surface area contributed by atoms with Gasteiger partial charge < -0.3 is 10.4 Å². The predicted octanol–water partition coefficient (Wildman–Crippen LogP) is 1.38. The number of nitrogens with zero attached hydrogens (tertiary/aromatic N) is 1. The van der Waals surface area contributed by atoms with Crippen molar-refractivity contribution in [3.63, 3.8) is 0 Å². The summed E-state index contributed by atoms with van der Waals surface area (Å²) in [5.41, 5.74) is 0. The number of amides is 1. The monoisotopic (exact) mass is 256 g/mol. The lowest BCUT2D eigenvalue weighted by Gasteiger charge is -2.32. The molecule has 1 fully saturated rings. The average molecular weight is 256 g/mol. The lowest BCUT2D eigenvalue weighted by atomic mass is 9.92. The Hall–Kier alpha value is -0.610. The highest BCUT2D eigenvalue weighted by molar-refractivity contribution is 5.78. The number of hydrogen-bond acceptors (Lipinski definition) is 3. The van der Waals surface area contributed by atoms with Crippen molar-refractivity contribution < 1.29 is 9.90 Å². The van der Waals surface area contributed by atoms with Gasteiger partial charge in [-0.15, -0.1) is 0 Å². The molecule has 1 heterocycles. The topological polar surface area (TPSA) is 52.6 Å². The SMILES string of the molecule is CCCC(C)NC(=O)CN1CCC(C(C)O)CC1. The molecule has 1 amide bonds. The van der Waals surface area contributed by atoms with Crippen molar-refractivity contribution in [2.75, 3.05) is 19.6 Å². The Balaban J connectivity index is 2.22. The minimum absolute atomic E-state index is 0.131. The number of rotatable bonds is 6. The van der Waals surface area contributed by atoms with E-state index in [4.69, 9.17) is 0 Å². The summed E-state index contributed by atoms with van der Waals surface area (Å²) < 4.78 is 0. The van der Waals surface area contributed by atoms with Gasteiger partial charge in [-0.05, 0) is 52.1 Å². The molecular formula is C14H28N2O2. The summed E-state index contributed by atoms with van der Waals surface area (Å²) >= 11 is 0. The van der Waals surface area contributed by atoms with Crippen LogP contribution in [0.3, 0.4) is 0 Å². The van der Waals surface area contributed by atoms with Crippen LogP contribution in [0, 0.1) is 5.92 Å². The lowest BCUT2D eigenvalue weighted by molar-refractivity contribution is -0.123. The minimum atomic E-state index is -0.217. The third-order valence-corrected chi connectivity index (χ3v) is 3.81. The molecule has 2 unspecified atom stereocenters. The number of carbonyl (C=O) groups is 1. The van der Waals surface area contributed by atoms with Crippen LogP contribution >= 0.6 is 0 Å². The summed E-state index contributed by atoms with van der Waals surface area (Å²) in [5, 5.41) is 12.6. The van der Waals surface area contributed by atoms with Crippen molar-refractivity contribution in [1.29, 1.82) is 0 Å². The molecule has 0 radical (unpaired) electrons. The Morgan fingerprint density at radius 1 is 1.39 bits per heavy atom. The first-order chi connectivity index (χ1) is 8.52. The molecule has 0 aromatic heterocycles. The van der Waals surface area contributed by atoms with E-state index in [0.29, 0.717) is 12.5 Å². The maximum atomic E-state index is 11.8. The third kappa shape index (κ3) is 5.36. The predicted molar refractivity (Wildman–Crippen MR) is 73.4 cm³/mol. The first-order valence-electron chi connectivity index (χ1n) is 7.22. The van der Waals surface area contributed by atoms with Crippen LogP contribution in [-0.2, 0) is 4.79 Å². The van der Waals surface area contributed by atoms with E-state index in [-0.39, 0.29) is 18.1 Å². The fourth-order valence-electron chi connectivity index (χ4n) is 2.62. The van der Waals surface area contributed by atoms with Gasteiger partial charge in [0.15, 0.2) is 0 Å². The number of carbonyl (C=O) groups excluding carboxylic acids is 1. The highest BCUT2D eigenvalue weighted by Crippen LogP contribution is 2.20. The molecule has 1 aliphatic heterocycles. The Morgan fingerprint density at radius 2 is 2.00 bits per heavy atom. The van der Waals surface area contributed by atoms with Crippen LogP contribution in [0.5, 0.6) is 0 Å². The highest BCUT2D eigenvalue weighted by atomic mass is 16.3. The molecule has 1 saturated heterocycles. The van der Waals surface area contributed by atoms with E-state index in [1.165, 1.54) is 0 Å². The van der Waals surface area contributed by atoms with Crippen molar-refractivity contribution in [3.05, 3.63) is 0 Å². The molecule has 0 saturated carbocycles. The summed E-state index contributed by atoms with van der Waals surface area (Å²) in [6, 6.07) is 0.275. The molecule has 18 heavy (non-hydrogen) atoms. The molecule has 0 bridgehead atoms. The van der Waals surface area contributed by atoms with Crippen molar-refractivity contribution in [2.24, 2.45) is 5.92 Å². The van der Waals surface area contributed by atoms with Gasteiger partial charge in [0, 0.05) is 6.04 Å².